The van der Waals surface area contributed by atoms with Gasteiger partial charge in [0.15, 0.2) is 15.5 Å². The molecule has 11 heteroatoms. The van der Waals surface area contributed by atoms with Crippen molar-refractivity contribution in [3.63, 3.8) is 0 Å². The number of amides is 1. The van der Waals surface area contributed by atoms with Crippen molar-refractivity contribution >= 4 is 32.7 Å². The maximum atomic E-state index is 12.9. The van der Waals surface area contributed by atoms with Crippen molar-refractivity contribution in [1.29, 1.82) is 0 Å². The number of aromatic amines is 1. The zero-order valence-corrected chi connectivity index (χ0v) is 16.7. The molecule has 30 heavy (non-hydrogen) atoms. The molecular formula is C19H18F3N5O2S. The lowest BCUT2D eigenvalue weighted by Gasteiger charge is -2.25. The molecule has 0 radical (unpaired) electrons. The second kappa shape index (κ2) is 7.71. The van der Waals surface area contributed by atoms with Crippen LogP contribution in [0.3, 0.4) is 0 Å². The molecule has 2 aromatic heterocycles. The number of thiazole rings is 1. The van der Waals surface area contributed by atoms with Crippen LogP contribution >= 0.6 is 11.3 Å². The van der Waals surface area contributed by atoms with Crippen LogP contribution < -0.4 is 15.8 Å². The van der Waals surface area contributed by atoms with E-state index in [9.17, 15) is 22.8 Å². The summed E-state index contributed by atoms with van der Waals surface area (Å²) in [5, 5.41) is 3.29. The summed E-state index contributed by atoms with van der Waals surface area (Å²) < 4.78 is 38.8. The Morgan fingerprint density at radius 2 is 2.03 bits per heavy atom. The average Bonchev–Trinajstić information content (AvgIpc) is 3.35. The van der Waals surface area contributed by atoms with E-state index in [1.54, 1.807) is 9.88 Å². The summed E-state index contributed by atoms with van der Waals surface area (Å²) in [7, 11) is 0. The molecule has 0 aliphatic carbocycles. The van der Waals surface area contributed by atoms with E-state index in [4.69, 9.17) is 0 Å². The summed E-state index contributed by atoms with van der Waals surface area (Å²) in [6.07, 6.45) is -3.45. The van der Waals surface area contributed by atoms with Crippen LogP contribution in [0, 0.1) is 0 Å². The summed E-state index contributed by atoms with van der Waals surface area (Å²) >= 11 is 0.879. The minimum atomic E-state index is -4.76. The molecule has 3 aromatic rings. The van der Waals surface area contributed by atoms with Gasteiger partial charge in [-0.15, -0.1) is 0 Å². The molecule has 0 unspecified atom stereocenters. The highest BCUT2D eigenvalue weighted by atomic mass is 32.1. The number of fused-ring (bicyclic) bond motifs is 1. The smallest absolute Gasteiger partial charge is 0.348 e. The zero-order valence-electron chi connectivity index (χ0n) is 15.9. The van der Waals surface area contributed by atoms with Gasteiger partial charge < -0.3 is 15.2 Å². The molecule has 1 aromatic carbocycles. The van der Waals surface area contributed by atoms with Crippen LogP contribution in [0.1, 0.15) is 37.2 Å². The Morgan fingerprint density at radius 1 is 1.30 bits per heavy atom. The molecular weight excluding hydrogens is 419 g/mol. The molecule has 1 fully saturated rings. The Morgan fingerprint density at radius 3 is 2.73 bits per heavy atom. The molecule has 2 N–H and O–H groups in total. The predicted octanol–water partition coefficient (Wildman–Crippen LogP) is 3.24. The van der Waals surface area contributed by atoms with Crippen molar-refractivity contribution in [2.24, 2.45) is 0 Å². The van der Waals surface area contributed by atoms with Gasteiger partial charge in [0.05, 0.1) is 6.04 Å². The van der Waals surface area contributed by atoms with E-state index in [0.717, 1.165) is 23.3 Å². The maximum absolute atomic E-state index is 12.9. The lowest BCUT2D eigenvalue weighted by Crippen LogP contribution is -2.44. The topological polar surface area (TPSA) is 91.0 Å². The summed E-state index contributed by atoms with van der Waals surface area (Å²) in [5.41, 5.74) is -0.148. The van der Waals surface area contributed by atoms with Gasteiger partial charge in [-0.2, -0.15) is 13.2 Å². The molecule has 2 atom stereocenters. The zero-order chi connectivity index (χ0) is 21.5. The number of carbonyl (C=O) groups excluding carboxylic acids is 1. The number of hydrogen-bond donors (Lipinski definition) is 2. The number of carbonyl (C=O) groups is 1. The third-order valence-corrected chi connectivity index (χ3v) is 5.97. The second-order valence-corrected chi connectivity index (χ2v) is 8.01. The van der Waals surface area contributed by atoms with Crippen molar-refractivity contribution < 1.29 is 18.0 Å². The first-order chi connectivity index (χ1) is 14.2. The number of hydrogen-bond acceptors (Lipinski definition) is 6. The number of aromatic nitrogens is 3. The van der Waals surface area contributed by atoms with E-state index in [-0.39, 0.29) is 22.3 Å². The number of benzene rings is 1. The van der Waals surface area contributed by atoms with Crippen molar-refractivity contribution in [3.05, 3.63) is 52.1 Å². The Labute approximate surface area is 173 Å². The van der Waals surface area contributed by atoms with Crippen LogP contribution in [-0.4, -0.2) is 33.4 Å². The number of alkyl halides is 3. The molecule has 7 nitrogen and oxygen atoms in total. The van der Waals surface area contributed by atoms with E-state index in [1.807, 2.05) is 37.3 Å². The van der Waals surface area contributed by atoms with Crippen LogP contribution in [0.25, 0.3) is 10.3 Å². The minimum absolute atomic E-state index is 0.107. The highest BCUT2D eigenvalue weighted by molar-refractivity contribution is 7.21. The lowest BCUT2D eigenvalue weighted by atomic mass is 10.1. The van der Waals surface area contributed by atoms with Crippen LogP contribution in [0.2, 0.25) is 0 Å². The highest BCUT2D eigenvalue weighted by Gasteiger charge is 2.36. The highest BCUT2D eigenvalue weighted by Crippen LogP contribution is 2.33. The fourth-order valence-electron chi connectivity index (χ4n) is 3.48. The first kappa shape index (κ1) is 20.3. The molecule has 1 aliphatic rings. The number of nitrogens with zero attached hydrogens (tertiary/aromatic N) is 3. The third kappa shape index (κ3) is 3.89. The van der Waals surface area contributed by atoms with Gasteiger partial charge in [0, 0.05) is 6.54 Å². The number of H-pyrrole nitrogens is 1. The Kier molecular flexibility index (Phi) is 5.22. The van der Waals surface area contributed by atoms with Gasteiger partial charge in [0.25, 0.3) is 5.56 Å². The third-order valence-electron chi connectivity index (χ3n) is 4.99. The fourth-order valence-corrected chi connectivity index (χ4v) is 4.50. The van der Waals surface area contributed by atoms with Gasteiger partial charge in [-0.3, -0.25) is 9.59 Å². The maximum Gasteiger partial charge on any atom is 0.449 e. The fraction of sp³-hybridized carbons (Fsp3) is 0.368. The second-order valence-electron chi connectivity index (χ2n) is 7.05. The number of anilines is 1. The molecule has 1 saturated heterocycles. The molecule has 158 valence electrons. The molecule has 4 rings (SSSR count). The Bertz CT molecular complexity index is 1130. The van der Waals surface area contributed by atoms with E-state index < -0.39 is 23.6 Å². The predicted molar refractivity (Wildman–Crippen MR) is 106 cm³/mol. The molecule has 1 aliphatic heterocycles. The summed E-state index contributed by atoms with van der Waals surface area (Å²) in [6, 6.07) is 8.79. The van der Waals surface area contributed by atoms with Gasteiger partial charge in [-0.05, 0) is 25.3 Å². The van der Waals surface area contributed by atoms with E-state index in [0.29, 0.717) is 18.1 Å². The van der Waals surface area contributed by atoms with Gasteiger partial charge in [-0.25, -0.2) is 9.97 Å². The van der Waals surface area contributed by atoms with Crippen molar-refractivity contribution in [1.82, 2.24) is 20.3 Å². The van der Waals surface area contributed by atoms with E-state index in [1.165, 1.54) is 0 Å². The first-order valence-corrected chi connectivity index (χ1v) is 10.2. The van der Waals surface area contributed by atoms with Crippen molar-refractivity contribution in [2.75, 3.05) is 11.4 Å². The number of halogens is 3. The van der Waals surface area contributed by atoms with Gasteiger partial charge in [-0.1, -0.05) is 41.7 Å². The first-order valence-electron chi connectivity index (χ1n) is 9.34. The van der Waals surface area contributed by atoms with Gasteiger partial charge in [0.2, 0.25) is 11.7 Å². The van der Waals surface area contributed by atoms with E-state index >= 15 is 0 Å². The number of rotatable bonds is 4. The van der Waals surface area contributed by atoms with Crippen LogP contribution in [-0.2, 0) is 11.0 Å². The monoisotopic (exact) mass is 437 g/mol. The van der Waals surface area contributed by atoms with Crippen molar-refractivity contribution in [3.8, 4) is 0 Å². The summed E-state index contributed by atoms with van der Waals surface area (Å²) in [5.74, 6) is -1.55. The molecule has 0 saturated carbocycles. The van der Waals surface area contributed by atoms with Gasteiger partial charge >= 0.3 is 6.18 Å². The average molecular weight is 437 g/mol. The molecule has 3 heterocycles. The Balaban J connectivity index is 1.58. The molecule has 0 bridgehead atoms. The number of nitrogens with one attached hydrogen (secondary N) is 2. The Hall–Kier alpha value is -2.95. The largest absolute Gasteiger partial charge is 0.449 e. The summed E-state index contributed by atoms with van der Waals surface area (Å²) in [4.78, 5) is 35.9. The van der Waals surface area contributed by atoms with Crippen molar-refractivity contribution in [2.45, 2.75) is 38.0 Å². The normalized spacial score (nSPS) is 18.0. The van der Waals surface area contributed by atoms with Crippen LogP contribution in [0.5, 0.6) is 0 Å². The molecule has 0 spiro atoms. The van der Waals surface area contributed by atoms with E-state index in [2.05, 4.69) is 15.3 Å². The van der Waals surface area contributed by atoms with Crippen LogP contribution in [0.15, 0.2) is 35.1 Å². The molecule has 1 amide bonds. The lowest BCUT2D eigenvalue weighted by molar-refractivity contribution is -0.144. The summed E-state index contributed by atoms with van der Waals surface area (Å²) in [6.45, 7) is 2.40. The van der Waals surface area contributed by atoms with Crippen LogP contribution in [0.4, 0.5) is 18.3 Å². The SMILES string of the molecule is C[C@@H](NC(=O)[C@H]1CCCN1c1nc2c(=O)[nH]c(C(F)(F)F)nc2s1)c1ccccc1. The quantitative estimate of drug-likeness (QED) is 0.654. The van der Waals surface area contributed by atoms with Gasteiger partial charge in [0.1, 0.15) is 6.04 Å². The standard InChI is InChI=1S/C19H18F3N5O2S/c1-10(11-6-3-2-4-7-11)23-14(28)12-8-5-9-27(12)18-24-13-15(29)25-17(19(20,21)22)26-16(13)30-18/h2-4,6-7,10,12H,5,8-9H2,1H3,(H,23,28)(H,25,26,29)/t10-,12-/m1/s1. The minimum Gasteiger partial charge on any atom is -0.348 e.